The Labute approximate surface area is 410 Å². The van der Waals surface area contributed by atoms with Crippen LogP contribution in [0.25, 0.3) is 0 Å². The maximum absolute atomic E-state index is 2.47. The van der Waals surface area contributed by atoms with Crippen LogP contribution in [0.4, 0.5) is 0 Å². The molecule has 6 aromatic carbocycles. The number of benzene rings is 6. The van der Waals surface area contributed by atoms with E-state index in [-0.39, 0.29) is 0 Å². The summed E-state index contributed by atoms with van der Waals surface area (Å²) in [5.41, 5.74) is 8.30. The van der Waals surface area contributed by atoms with Crippen LogP contribution in [0.1, 0.15) is 33.4 Å². The van der Waals surface area contributed by atoms with Crippen molar-refractivity contribution in [2.75, 3.05) is 13.3 Å². The van der Waals surface area contributed by atoms with Crippen LogP contribution < -0.4 is 58.3 Å². The number of rotatable bonds is 6. The standard InChI is InChI=1S/2C22H24P.2I3.I2/c2*1-17-11-5-8-14-20(17)23(4,21-15-9-6-12-18(21)2)22-16-10-7-13-19(22)3;2*1-3-2;1-2/h2*5-16H,1-4H3;;;/q2*+1;2*-1;. The Morgan fingerprint density at radius 2 is 0.407 bits per heavy atom. The summed E-state index contributed by atoms with van der Waals surface area (Å²) in [4.78, 5) is 0. The van der Waals surface area contributed by atoms with Gasteiger partial charge in [0.25, 0.3) is 0 Å². The zero-order chi connectivity index (χ0) is 40.3. The second-order valence-corrected chi connectivity index (χ2v) is 52.2. The summed E-state index contributed by atoms with van der Waals surface area (Å²) in [6.07, 6.45) is 0. The van der Waals surface area contributed by atoms with Crippen LogP contribution in [0.15, 0.2) is 146 Å². The van der Waals surface area contributed by atoms with Gasteiger partial charge in [0.15, 0.2) is 0 Å². The molecule has 6 aromatic rings. The monoisotopic (exact) mass is 1650 g/mol. The van der Waals surface area contributed by atoms with Crippen molar-refractivity contribution in [3.63, 3.8) is 0 Å². The molecule has 0 radical (unpaired) electrons. The van der Waals surface area contributed by atoms with E-state index in [9.17, 15) is 0 Å². The van der Waals surface area contributed by atoms with E-state index in [4.69, 9.17) is 0 Å². The zero-order valence-electron chi connectivity index (χ0n) is 31.8. The predicted octanol–water partition coefficient (Wildman–Crippen LogP) is 8.39. The van der Waals surface area contributed by atoms with Crippen LogP contribution in [0.3, 0.4) is 0 Å². The Hall–Kier alpha value is 2.02. The molecule has 0 aliphatic carbocycles. The van der Waals surface area contributed by atoms with Crippen molar-refractivity contribution in [2.24, 2.45) is 0 Å². The molecule has 0 nitrogen and oxygen atoms in total. The number of hydrogen-bond acceptors (Lipinski definition) is 0. The summed E-state index contributed by atoms with van der Waals surface area (Å²) in [5, 5.41) is 8.94. The minimum absolute atomic E-state index is 0.530. The molecule has 0 saturated carbocycles. The summed E-state index contributed by atoms with van der Waals surface area (Å²) < 4.78 is 0. The van der Waals surface area contributed by atoms with Gasteiger partial charge >= 0.3 is 101 Å². The van der Waals surface area contributed by atoms with Gasteiger partial charge in [-0.15, -0.1) is 0 Å². The summed E-state index contributed by atoms with van der Waals surface area (Å²) in [7, 11) is -3.28. The molecule has 0 atom stereocenters. The molecule has 0 N–H and O–H groups in total. The first-order valence-electron chi connectivity index (χ1n) is 16.9. The van der Waals surface area contributed by atoms with E-state index in [2.05, 4.69) is 312 Å². The van der Waals surface area contributed by atoms with Crippen molar-refractivity contribution in [3.8, 4) is 0 Å². The van der Waals surface area contributed by atoms with Crippen LogP contribution >= 0.6 is 126 Å². The first-order valence-corrected chi connectivity index (χ1v) is 52.8. The summed E-state index contributed by atoms with van der Waals surface area (Å²) in [5.74, 6) is 0. The topological polar surface area (TPSA) is 0 Å². The Morgan fingerprint density at radius 1 is 0.296 bits per heavy atom. The van der Waals surface area contributed by atoms with E-state index < -0.39 is 14.5 Å². The molecule has 0 amide bonds. The molecule has 0 aliphatic rings. The molecule has 0 aromatic heterocycles. The second-order valence-electron chi connectivity index (χ2n) is 12.8. The molecule has 0 heterocycles. The van der Waals surface area contributed by atoms with Crippen LogP contribution in [0, 0.1) is 41.5 Å². The van der Waals surface area contributed by atoms with Gasteiger partial charge in [0.05, 0.1) is 13.3 Å². The van der Waals surface area contributed by atoms with Crippen molar-refractivity contribution < 1.29 is 26.5 Å². The summed E-state index contributed by atoms with van der Waals surface area (Å²) in [6.45, 7) is 18.4. The quantitative estimate of drug-likeness (QED) is 0.116. The third-order valence-corrected chi connectivity index (χ3v) is 18.4. The van der Waals surface area contributed by atoms with Gasteiger partial charge in [-0.1, -0.05) is 109 Å². The Bertz CT molecular complexity index is 1650. The molecule has 0 bridgehead atoms. The molecule has 0 spiro atoms. The Kier molecular flexibility index (Phi) is 26.8. The second kappa shape index (κ2) is 27.8. The normalized spacial score (nSPS) is 10.7. The zero-order valence-corrected chi connectivity index (χ0v) is 50.8. The molecule has 0 fully saturated rings. The van der Waals surface area contributed by atoms with Crippen molar-refractivity contribution in [3.05, 3.63) is 179 Å². The third kappa shape index (κ3) is 14.0. The predicted molar refractivity (Wildman–Crippen MR) is 295 cm³/mol. The molecule has 6 rings (SSSR count). The fourth-order valence-electron chi connectivity index (χ4n) is 7.17. The molecule has 0 unspecified atom stereocenters. The molecular weight excluding hydrogens is 1610 g/mol. The van der Waals surface area contributed by atoms with Gasteiger partial charge in [0.1, 0.15) is 46.4 Å². The maximum atomic E-state index is 2.47. The minimum atomic E-state index is -1.64. The first-order chi connectivity index (χ1) is 25.9. The number of aryl methyl sites for hydroxylation is 6. The van der Waals surface area contributed by atoms with Crippen molar-refractivity contribution >= 4 is 158 Å². The van der Waals surface area contributed by atoms with Crippen LogP contribution in [-0.2, 0) is 0 Å². The van der Waals surface area contributed by atoms with Crippen molar-refractivity contribution in [2.45, 2.75) is 41.5 Å². The average molecular weight is 1650 g/mol. The summed E-state index contributed by atoms with van der Waals surface area (Å²) in [6, 6.07) is 53.3. The van der Waals surface area contributed by atoms with E-state index in [0.717, 1.165) is 0 Å². The van der Waals surface area contributed by atoms with Gasteiger partial charge in [0, 0.05) is 37.2 Å². The number of halogens is 8. The van der Waals surface area contributed by atoms with Crippen molar-refractivity contribution in [1.82, 2.24) is 0 Å². The molecule has 54 heavy (non-hydrogen) atoms. The molecule has 0 aliphatic heterocycles. The van der Waals surface area contributed by atoms with Gasteiger partial charge in [-0.05, 0) is 111 Å². The van der Waals surface area contributed by atoms with Crippen molar-refractivity contribution in [1.29, 1.82) is 0 Å². The molecule has 10 heteroatoms. The SMILES string of the molecule is Cc1ccccc1[P+](C)(c1ccccc1C)c1ccccc1C.Cc1ccccc1[P+](C)(c1ccccc1C)c1ccccc1C.II.I[I-]I.I[I-]I. The molecular formula is C44H48I8P2. The average Bonchev–Trinajstić information content (AvgIpc) is 3.17. The fraction of sp³-hybridized carbons (Fsp3) is 0.182. The fourth-order valence-corrected chi connectivity index (χ4v) is 15.7. The van der Waals surface area contributed by atoms with Gasteiger partial charge in [-0.3, -0.25) is 0 Å². The summed E-state index contributed by atoms with van der Waals surface area (Å²) >= 11 is 14.8. The molecule has 0 saturated heterocycles. The van der Waals surface area contributed by atoms with Gasteiger partial charge in [-0.25, -0.2) is 0 Å². The van der Waals surface area contributed by atoms with E-state index in [1.165, 1.54) is 65.2 Å². The number of hydrogen-bond donors (Lipinski definition) is 0. The van der Waals surface area contributed by atoms with Gasteiger partial charge in [0.2, 0.25) is 0 Å². The van der Waals surface area contributed by atoms with E-state index in [0.29, 0.717) is 26.5 Å². The van der Waals surface area contributed by atoms with Crippen LogP contribution in [-0.4, -0.2) is 13.3 Å². The van der Waals surface area contributed by atoms with E-state index in [1.54, 1.807) is 0 Å². The van der Waals surface area contributed by atoms with E-state index >= 15 is 0 Å². The third-order valence-electron chi connectivity index (χ3n) is 9.58. The first kappa shape index (κ1) is 52.2. The van der Waals surface area contributed by atoms with Gasteiger partial charge in [-0.2, -0.15) is 0 Å². The van der Waals surface area contributed by atoms with Crippen LogP contribution in [0.5, 0.6) is 0 Å². The molecule has 290 valence electrons. The Balaban J connectivity index is 0.000000314. The van der Waals surface area contributed by atoms with Gasteiger partial charge < -0.3 is 0 Å². The van der Waals surface area contributed by atoms with Crippen LogP contribution in [0.2, 0.25) is 0 Å². The van der Waals surface area contributed by atoms with E-state index in [1.807, 2.05) is 0 Å². The Morgan fingerprint density at radius 3 is 0.519 bits per heavy atom.